The van der Waals surface area contributed by atoms with Gasteiger partial charge in [-0.3, -0.25) is 4.79 Å². The summed E-state index contributed by atoms with van der Waals surface area (Å²) < 4.78 is 0. The summed E-state index contributed by atoms with van der Waals surface area (Å²) in [5, 5.41) is 3.22. The lowest BCUT2D eigenvalue weighted by atomic mass is 10.1. The molecule has 0 radical (unpaired) electrons. The largest absolute Gasteiger partial charge is 0.345 e. The van der Waals surface area contributed by atoms with Crippen LogP contribution in [-0.4, -0.2) is 49.4 Å². The fraction of sp³-hybridized carbons (Fsp3) is 0.467. The van der Waals surface area contributed by atoms with E-state index in [4.69, 9.17) is 11.6 Å². The molecular weight excluding hydrogens is 290 g/mol. The molecule has 116 valence electrons. The Hall–Kier alpha value is -1.75. The van der Waals surface area contributed by atoms with Crippen molar-refractivity contribution >= 4 is 29.2 Å². The number of hydrogen-bond acceptors (Lipinski definition) is 2. The number of anilines is 1. The van der Waals surface area contributed by atoms with Crippen molar-refractivity contribution in [1.82, 2.24) is 9.80 Å². The number of urea groups is 1. The van der Waals surface area contributed by atoms with Crippen LogP contribution in [0.15, 0.2) is 18.2 Å². The molecule has 1 aromatic rings. The molecule has 0 spiro atoms. The van der Waals surface area contributed by atoms with Gasteiger partial charge in [0.25, 0.3) is 5.91 Å². The van der Waals surface area contributed by atoms with Gasteiger partial charge in [-0.1, -0.05) is 24.9 Å². The maximum Gasteiger partial charge on any atom is 0.321 e. The van der Waals surface area contributed by atoms with Gasteiger partial charge in [0.2, 0.25) is 0 Å². The van der Waals surface area contributed by atoms with Crippen LogP contribution in [0.25, 0.3) is 0 Å². The molecule has 0 fully saturated rings. The second kappa shape index (κ2) is 7.88. The highest BCUT2D eigenvalue weighted by Gasteiger charge is 2.17. The van der Waals surface area contributed by atoms with Crippen LogP contribution in [0.2, 0.25) is 5.02 Å². The third-order valence-corrected chi connectivity index (χ3v) is 3.29. The normalized spacial score (nSPS) is 10.1. The van der Waals surface area contributed by atoms with Crippen molar-refractivity contribution in [3.05, 3.63) is 28.8 Å². The zero-order valence-corrected chi connectivity index (χ0v) is 13.7. The Labute approximate surface area is 130 Å². The molecule has 0 saturated carbocycles. The maximum atomic E-state index is 12.1. The SMILES string of the molecule is CCCCN(C)C(=O)Nc1cc(Cl)ccc1C(=O)N(C)C. The lowest BCUT2D eigenvalue weighted by Gasteiger charge is -2.20. The fourth-order valence-electron chi connectivity index (χ4n) is 1.75. The molecule has 1 aromatic carbocycles. The van der Waals surface area contributed by atoms with Gasteiger partial charge < -0.3 is 15.1 Å². The quantitative estimate of drug-likeness (QED) is 0.907. The molecule has 0 bridgehead atoms. The Morgan fingerprint density at radius 3 is 2.48 bits per heavy atom. The highest BCUT2D eigenvalue weighted by Crippen LogP contribution is 2.22. The first-order valence-corrected chi connectivity index (χ1v) is 7.28. The van der Waals surface area contributed by atoms with Gasteiger partial charge in [0.1, 0.15) is 0 Å². The molecule has 0 heterocycles. The molecule has 0 unspecified atom stereocenters. The summed E-state index contributed by atoms with van der Waals surface area (Å²) >= 11 is 5.96. The summed E-state index contributed by atoms with van der Waals surface area (Å²) in [4.78, 5) is 27.3. The minimum Gasteiger partial charge on any atom is -0.345 e. The second-order valence-corrected chi connectivity index (χ2v) is 5.53. The third kappa shape index (κ3) is 4.93. The van der Waals surface area contributed by atoms with Crippen LogP contribution in [0, 0.1) is 0 Å². The highest BCUT2D eigenvalue weighted by molar-refractivity contribution is 6.31. The van der Waals surface area contributed by atoms with E-state index < -0.39 is 0 Å². The topological polar surface area (TPSA) is 52.7 Å². The predicted octanol–water partition coefficient (Wildman–Crippen LogP) is 3.31. The van der Waals surface area contributed by atoms with E-state index in [1.54, 1.807) is 44.2 Å². The Kier molecular flexibility index (Phi) is 6.49. The molecule has 6 heteroatoms. The predicted molar refractivity (Wildman–Crippen MR) is 86.0 cm³/mol. The molecule has 0 atom stereocenters. The van der Waals surface area contributed by atoms with Crippen molar-refractivity contribution in [1.29, 1.82) is 0 Å². The Morgan fingerprint density at radius 2 is 1.90 bits per heavy atom. The number of unbranched alkanes of at least 4 members (excludes halogenated alkanes) is 1. The van der Waals surface area contributed by atoms with Crippen molar-refractivity contribution in [3.63, 3.8) is 0 Å². The minimum absolute atomic E-state index is 0.182. The number of carbonyl (C=O) groups excluding carboxylic acids is 2. The number of halogens is 1. The lowest BCUT2D eigenvalue weighted by Crippen LogP contribution is -2.33. The van der Waals surface area contributed by atoms with E-state index in [-0.39, 0.29) is 11.9 Å². The fourth-order valence-corrected chi connectivity index (χ4v) is 1.93. The van der Waals surface area contributed by atoms with E-state index >= 15 is 0 Å². The van der Waals surface area contributed by atoms with Gasteiger partial charge in [0.05, 0.1) is 11.3 Å². The Morgan fingerprint density at radius 1 is 1.24 bits per heavy atom. The minimum atomic E-state index is -0.251. The molecule has 21 heavy (non-hydrogen) atoms. The van der Waals surface area contributed by atoms with Crippen LogP contribution in [-0.2, 0) is 0 Å². The van der Waals surface area contributed by atoms with Crippen LogP contribution in [0.1, 0.15) is 30.1 Å². The maximum absolute atomic E-state index is 12.1. The Balaban J connectivity index is 2.93. The van der Waals surface area contributed by atoms with Crippen LogP contribution >= 0.6 is 11.6 Å². The van der Waals surface area contributed by atoms with Gasteiger partial charge in [-0.2, -0.15) is 0 Å². The summed E-state index contributed by atoms with van der Waals surface area (Å²) in [7, 11) is 5.05. The summed E-state index contributed by atoms with van der Waals surface area (Å²) in [6.07, 6.45) is 1.95. The van der Waals surface area contributed by atoms with Crippen molar-refractivity contribution in [2.24, 2.45) is 0 Å². The number of amides is 3. The smallest absolute Gasteiger partial charge is 0.321 e. The average Bonchev–Trinajstić information content (AvgIpc) is 2.44. The third-order valence-electron chi connectivity index (χ3n) is 3.05. The van der Waals surface area contributed by atoms with Crippen LogP contribution < -0.4 is 5.32 Å². The van der Waals surface area contributed by atoms with E-state index in [2.05, 4.69) is 12.2 Å². The van der Waals surface area contributed by atoms with Crippen LogP contribution in [0.3, 0.4) is 0 Å². The molecule has 1 rings (SSSR count). The van der Waals surface area contributed by atoms with Crippen molar-refractivity contribution in [3.8, 4) is 0 Å². The van der Waals surface area contributed by atoms with Gasteiger partial charge in [-0.05, 0) is 24.6 Å². The molecule has 1 N–H and O–H groups in total. The molecule has 3 amide bonds. The summed E-state index contributed by atoms with van der Waals surface area (Å²) in [5.41, 5.74) is 0.844. The molecule has 0 aliphatic heterocycles. The first-order chi connectivity index (χ1) is 9.86. The van der Waals surface area contributed by atoms with Gasteiger partial charge >= 0.3 is 6.03 Å². The molecule has 0 saturated heterocycles. The average molecular weight is 312 g/mol. The van der Waals surface area contributed by atoms with E-state index in [1.165, 1.54) is 4.90 Å². The van der Waals surface area contributed by atoms with Crippen LogP contribution in [0.5, 0.6) is 0 Å². The van der Waals surface area contributed by atoms with E-state index in [1.807, 2.05) is 0 Å². The molecule has 5 nitrogen and oxygen atoms in total. The molecule has 0 aliphatic carbocycles. The first kappa shape index (κ1) is 17.3. The number of carbonyl (C=O) groups is 2. The molecular formula is C15H22ClN3O2. The number of rotatable bonds is 5. The van der Waals surface area contributed by atoms with Gasteiger partial charge in [-0.15, -0.1) is 0 Å². The van der Waals surface area contributed by atoms with E-state index in [0.29, 0.717) is 22.8 Å². The van der Waals surface area contributed by atoms with Crippen molar-refractivity contribution in [2.75, 3.05) is 33.0 Å². The second-order valence-electron chi connectivity index (χ2n) is 5.09. The lowest BCUT2D eigenvalue weighted by molar-refractivity contribution is 0.0828. The zero-order chi connectivity index (χ0) is 16.0. The van der Waals surface area contributed by atoms with Gasteiger partial charge in [0, 0.05) is 32.7 Å². The molecule has 0 aliphatic rings. The number of benzene rings is 1. The first-order valence-electron chi connectivity index (χ1n) is 6.90. The van der Waals surface area contributed by atoms with Crippen LogP contribution in [0.4, 0.5) is 10.5 Å². The summed E-state index contributed by atoms with van der Waals surface area (Å²) in [6, 6.07) is 4.59. The van der Waals surface area contributed by atoms with Gasteiger partial charge in [-0.25, -0.2) is 4.79 Å². The monoisotopic (exact) mass is 311 g/mol. The zero-order valence-electron chi connectivity index (χ0n) is 12.9. The summed E-state index contributed by atoms with van der Waals surface area (Å²) in [5.74, 6) is -0.182. The standard InChI is InChI=1S/C15H22ClN3O2/c1-5-6-9-19(4)15(21)17-13-10-11(16)7-8-12(13)14(20)18(2)3/h7-8,10H,5-6,9H2,1-4H3,(H,17,21). The number of nitrogens with zero attached hydrogens (tertiary/aromatic N) is 2. The number of nitrogens with one attached hydrogen (secondary N) is 1. The molecule has 0 aromatic heterocycles. The summed E-state index contributed by atoms with van der Waals surface area (Å²) in [6.45, 7) is 2.73. The number of hydrogen-bond donors (Lipinski definition) is 1. The van der Waals surface area contributed by atoms with Crippen molar-refractivity contribution < 1.29 is 9.59 Å². The highest BCUT2D eigenvalue weighted by atomic mass is 35.5. The Bertz CT molecular complexity index is 518. The van der Waals surface area contributed by atoms with Crippen molar-refractivity contribution in [2.45, 2.75) is 19.8 Å². The van der Waals surface area contributed by atoms with Gasteiger partial charge in [0.15, 0.2) is 0 Å². The van der Waals surface area contributed by atoms with E-state index in [0.717, 1.165) is 12.8 Å². The van der Waals surface area contributed by atoms with E-state index in [9.17, 15) is 9.59 Å².